The summed E-state index contributed by atoms with van der Waals surface area (Å²) in [5, 5.41) is 0. The Morgan fingerprint density at radius 2 is 1.56 bits per heavy atom. The molecule has 0 N–H and O–H groups in total. The van der Waals surface area contributed by atoms with Crippen LogP contribution in [0.4, 0.5) is 0 Å². The maximum Gasteiger partial charge on any atom is 0.263 e. The average molecular weight is 346 g/mol. The lowest BCUT2D eigenvalue weighted by Crippen LogP contribution is -2.53. The van der Waals surface area contributed by atoms with Crippen molar-refractivity contribution in [3.63, 3.8) is 0 Å². The van der Waals surface area contributed by atoms with Crippen LogP contribution in [0, 0.1) is 0 Å². The minimum Gasteiger partial charge on any atom is -0.481 e. The van der Waals surface area contributed by atoms with Gasteiger partial charge in [0.25, 0.3) is 5.91 Å². The molecule has 5 nitrogen and oxygen atoms in total. The van der Waals surface area contributed by atoms with Crippen molar-refractivity contribution in [2.45, 2.75) is 52.6 Å². The third-order valence-corrected chi connectivity index (χ3v) is 4.62. The van der Waals surface area contributed by atoms with Crippen molar-refractivity contribution in [2.75, 3.05) is 26.2 Å². The number of ether oxygens (including phenoxy) is 1. The molecule has 1 unspecified atom stereocenters. The summed E-state index contributed by atoms with van der Waals surface area (Å²) in [6, 6.07) is 7.91. The van der Waals surface area contributed by atoms with Gasteiger partial charge in [0.2, 0.25) is 5.91 Å². The number of benzene rings is 1. The van der Waals surface area contributed by atoms with Crippen LogP contribution in [0.5, 0.6) is 5.75 Å². The van der Waals surface area contributed by atoms with Crippen molar-refractivity contribution in [3.8, 4) is 5.75 Å². The lowest BCUT2D eigenvalue weighted by atomic mass is 10.0. The van der Waals surface area contributed by atoms with Gasteiger partial charge in [0, 0.05) is 32.6 Å². The van der Waals surface area contributed by atoms with E-state index in [1.807, 2.05) is 36.1 Å². The van der Waals surface area contributed by atoms with Crippen LogP contribution in [0.25, 0.3) is 0 Å². The fourth-order valence-corrected chi connectivity index (χ4v) is 2.99. The molecule has 1 aliphatic rings. The molecule has 1 heterocycles. The first kappa shape index (κ1) is 19.3. The van der Waals surface area contributed by atoms with Crippen LogP contribution in [0.3, 0.4) is 0 Å². The molecule has 138 valence electrons. The molecule has 5 heteroatoms. The third-order valence-electron chi connectivity index (χ3n) is 4.62. The smallest absolute Gasteiger partial charge is 0.263 e. The van der Waals surface area contributed by atoms with Crippen LogP contribution in [0.1, 0.15) is 52.0 Å². The molecular formula is C20H30N2O3. The topological polar surface area (TPSA) is 49.9 Å². The van der Waals surface area contributed by atoms with E-state index >= 15 is 0 Å². The highest BCUT2D eigenvalue weighted by Crippen LogP contribution is 2.20. The Morgan fingerprint density at radius 3 is 2.08 bits per heavy atom. The Labute approximate surface area is 150 Å². The summed E-state index contributed by atoms with van der Waals surface area (Å²) in [6.07, 6.45) is 0.918. The maximum absolute atomic E-state index is 12.6. The zero-order chi connectivity index (χ0) is 18.4. The van der Waals surface area contributed by atoms with Gasteiger partial charge in [0.15, 0.2) is 6.10 Å². The highest BCUT2D eigenvalue weighted by molar-refractivity contribution is 5.81. The summed E-state index contributed by atoms with van der Waals surface area (Å²) in [7, 11) is 0. The van der Waals surface area contributed by atoms with Crippen LogP contribution in [0.2, 0.25) is 0 Å². The third kappa shape index (κ3) is 5.21. The van der Waals surface area contributed by atoms with Crippen molar-refractivity contribution < 1.29 is 14.3 Å². The summed E-state index contributed by atoms with van der Waals surface area (Å²) in [4.78, 5) is 28.1. The molecule has 0 aliphatic carbocycles. The fraction of sp³-hybridized carbons (Fsp3) is 0.600. The second-order valence-electron chi connectivity index (χ2n) is 6.94. The molecule has 1 aliphatic heterocycles. The van der Waals surface area contributed by atoms with Gasteiger partial charge in [0.1, 0.15) is 5.75 Å². The molecule has 0 aromatic heterocycles. The molecule has 0 saturated carbocycles. The standard InChI is InChI=1S/C20H30N2O3/c1-5-6-19(23)21-11-13-22(14-12-21)20(24)16(4)25-18-9-7-17(8-10-18)15(2)3/h7-10,15-16H,5-6,11-14H2,1-4H3. The fourth-order valence-electron chi connectivity index (χ4n) is 2.99. The predicted octanol–water partition coefficient (Wildman–Crippen LogP) is 3.05. The maximum atomic E-state index is 12.6. The molecule has 1 aromatic rings. The van der Waals surface area contributed by atoms with E-state index in [9.17, 15) is 9.59 Å². The van der Waals surface area contributed by atoms with Gasteiger partial charge in [-0.3, -0.25) is 9.59 Å². The molecule has 1 atom stereocenters. The molecule has 1 saturated heterocycles. The van der Waals surface area contributed by atoms with E-state index in [4.69, 9.17) is 4.74 Å². The van der Waals surface area contributed by atoms with Crippen LogP contribution >= 0.6 is 0 Å². The van der Waals surface area contributed by atoms with Gasteiger partial charge in [-0.05, 0) is 37.0 Å². The zero-order valence-electron chi connectivity index (χ0n) is 15.8. The summed E-state index contributed by atoms with van der Waals surface area (Å²) in [5.41, 5.74) is 1.25. The van der Waals surface area contributed by atoms with E-state index in [1.165, 1.54) is 5.56 Å². The molecule has 1 aromatic carbocycles. The van der Waals surface area contributed by atoms with Gasteiger partial charge in [0.05, 0.1) is 0 Å². The van der Waals surface area contributed by atoms with E-state index in [0.717, 1.165) is 6.42 Å². The Balaban J connectivity index is 1.85. The van der Waals surface area contributed by atoms with Gasteiger partial charge >= 0.3 is 0 Å². The monoisotopic (exact) mass is 346 g/mol. The normalized spacial score (nSPS) is 16.0. The van der Waals surface area contributed by atoms with Crippen LogP contribution in [-0.4, -0.2) is 53.9 Å². The van der Waals surface area contributed by atoms with Crippen molar-refractivity contribution in [3.05, 3.63) is 29.8 Å². The van der Waals surface area contributed by atoms with E-state index in [2.05, 4.69) is 13.8 Å². The lowest BCUT2D eigenvalue weighted by Gasteiger charge is -2.36. The number of carbonyl (C=O) groups excluding carboxylic acids is 2. The largest absolute Gasteiger partial charge is 0.481 e. The van der Waals surface area contributed by atoms with Crippen molar-refractivity contribution in [1.82, 2.24) is 9.80 Å². The molecule has 25 heavy (non-hydrogen) atoms. The Morgan fingerprint density at radius 1 is 1.00 bits per heavy atom. The number of carbonyl (C=O) groups is 2. The first-order valence-electron chi connectivity index (χ1n) is 9.25. The second kappa shape index (κ2) is 8.88. The number of rotatable bonds is 6. The van der Waals surface area contributed by atoms with Crippen LogP contribution < -0.4 is 4.74 Å². The van der Waals surface area contributed by atoms with Gasteiger partial charge in [-0.2, -0.15) is 0 Å². The number of nitrogens with zero attached hydrogens (tertiary/aromatic N) is 2. The molecule has 2 amide bonds. The van der Waals surface area contributed by atoms with E-state index in [-0.39, 0.29) is 11.8 Å². The van der Waals surface area contributed by atoms with Crippen LogP contribution in [0.15, 0.2) is 24.3 Å². The number of hydrogen-bond acceptors (Lipinski definition) is 3. The summed E-state index contributed by atoms with van der Waals surface area (Å²) >= 11 is 0. The highest BCUT2D eigenvalue weighted by Gasteiger charge is 2.27. The van der Waals surface area contributed by atoms with Crippen molar-refractivity contribution >= 4 is 11.8 Å². The van der Waals surface area contributed by atoms with E-state index in [1.54, 1.807) is 11.8 Å². The molecule has 2 rings (SSSR count). The SMILES string of the molecule is CCCC(=O)N1CCN(C(=O)C(C)Oc2ccc(C(C)C)cc2)CC1. The van der Waals surface area contributed by atoms with E-state index < -0.39 is 6.10 Å². The Kier molecular flexibility index (Phi) is 6.85. The predicted molar refractivity (Wildman–Crippen MR) is 98.7 cm³/mol. The molecule has 0 spiro atoms. The summed E-state index contributed by atoms with van der Waals surface area (Å²) < 4.78 is 5.81. The number of hydrogen-bond donors (Lipinski definition) is 0. The Bertz CT molecular complexity index is 575. The number of amides is 2. The quantitative estimate of drug-likeness (QED) is 0.795. The summed E-state index contributed by atoms with van der Waals surface area (Å²) in [6.45, 7) is 10.5. The van der Waals surface area contributed by atoms with Gasteiger partial charge in [-0.15, -0.1) is 0 Å². The van der Waals surface area contributed by atoms with Crippen molar-refractivity contribution in [1.29, 1.82) is 0 Å². The van der Waals surface area contributed by atoms with Gasteiger partial charge in [-0.25, -0.2) is 0 Å². The van der Waals surface area contributed by atoms with Gasteiger partial charge < -0.3 is 14.5 Å². The lowest BCUT2D eigenvalue weighted by molar-refractivity contribution is -0.143. The minimum atomic E-state index is -0.525. The molecular weight excluding hydrogens is 316 g/mol. The summed E-state index contributed by atoms with van der Waals surface area (Å²) in [5.74, 6) is 1.35. The first-order chi connectivity index (χ1) is 11.9. The average Bonchev–Trinajstić information content (AvgIpc) is 2.61. The Hall–Kier alpha value is -2.04. The molecule has 0 radical (unpaired) electrons. The van der Waals surface area contributed by atoms with Crippen molar-refractivity contribution in [2.24, 2.45) is 0 Å². The van der Waals surface area contributed by atoms with Crippen LogP contribution in [-0.2, 0) is 9.59 Å². The minimum absolute atomic E-state index is 0.0180. The molecule has 1 fully saturated rings. The molecule has 0 bridgehead atoms. The zero-order valence-corrected chi connectivity index (χ0v) is 15.8. The highest BCUT2D eigenvalue weighted by atomic mass is 16.5. The number of piperazine rings is 1. The van der Waals surface area contributed by atoms with E-state index in [0.29, 0.717) is 44.3 Å². The first-order valence-corrected chi connectivity index (χ1v) is 9.25. The van der Waals surface area contributed by atoms with Gasteiger partial charge in [-0.1, -0.05) is 32.9 Å². The second-order valence-corrected chi connectivity index (χ2v) is 6.94.